The molecule has 0 saturated heterocycles. The van der Waals surface area contributed by atoms with E-state index in [1.54, 1.807) is 6.20 Å². The molecule has 16 heavy (non-hydrogen) atoms. The van der Waals surface area contributed by atoms with Gasteiger partial charge < -0.3 is 4.98 Å². The van der Waals surface area contributed by atoms with Gasteiger partial charge in [0.2, 0.25) is 0 Å². The maximum atomic E-state index is 11.7. The zero-order valence-corrected chi connectivity index (χ0v) is 11.5. The molecule has 0 aliphatic rings. The average Bonchev–Trinajstić information content (AvgIpc) is 2.75. The molecule has 0 fully saturated rings. The molecule has 2 N–H and O–H groups in total. The fourth-order valence-electron chi connectivity index (χ4n) is 1.00. The van der Waals surface area contributed by atoms with Crippen LogP contribution in [0.3, 0.4) is 0 Å². The first-order valence-electron chi connectivity index (χ1n) is 4.03. The summed E-state index contributed by atoms with van der Waals surface area (Å²) >= 11 is 16.0. The Morgan fingerprint density at radius 1 is 1.56 bits per heavy atom. The molecule has 84 valence electrons. The van der Waals surface area contributed by atoms with Crippen molar-refractivity contribution in [3.05, 3.63) is 31.9 Å². The molecule has 0 aliphatic heterocycles. The first-order chi connectivity index (χ1) is 7.56. The standard InChI is InChI=1S/C8H4BrCl2N3OS/c9-5-2-12-8(16-5)14-7(15)4-1-3(10)6(11)13-4/h1-2,13H,(H,12,14,15). The van der Waals surface area contributed by atoms with E-state index in [1.807, 2.05) is 0 Å². The molecule has 2 aromatic rings. The molecule has 0 aromatic carbocycles. The molecule has 1 amide bonds. The molecule has 0 aliphatic carbocycles. The Balaban J connectivity index is 2.14. The van der Waals surface area contributed by atoms with Crippen molar-refractivity contribution in [1.29, 1.82) is 0 Å². The normalized spacial score (nSPS) is 10.4. The second kappa shape index (κ2) is 4.75. The van der Waals surface area contributed by atoms with Crippen LogP contribution in [0.5, 0.6) is 0 Å². The van der Waals surface area contributed by atoms with Crippen LogP contribution in [-0.2, 0) is 0 Å². The highest BCUT2D eigenvalue weighted by molar-refractivity contribution is 9.11. The summed E-state index contributed by atoms with van der Waals surface area (Å²) in [7, 11) is 0. The predicted molar refractivity (Wildman–Crippen MR) is 68.6 cm³/mol. The van der Waals surface area contributed by atoms with Crippen LogP contribution in [0.1, 0.15) is 10.5 Å². The molecule has 0 unspecified atom stereocenters. The second-order valence-corrected chi connectivity index (χ2v) is 5.96. The van der Waals surface area contributed by atoms with Crippen LogP contribution in [0, 0.1) is 0 Å². The van der Waals surface area contributed by atoms with Gasteiger partial charge >= 0.3 is 0 Å². The van der Waals surface area contributed by atoms with Crippen molar-refractivity contribution in [1.82, 2.24) is 9.97 Å². The highest BCUT2D eigenvalue weighted by Gasteiger charge is 2.13. The van der Waals surface area contributed by atoms with E-state index in [2.05, 4.69) is 31.2 Å². The Kier molecular flexibility index (Phi) is 3.53. The molecule has 0 radical (unpaired) electrons. The quantitative estimate of drug-likeness (QED) is 0.873. The number of aromatic nitrogens is 2. The number of carbonyl (C=O) groups excluding carboxylic acids is 1. The minimum atomic E-state index is -0.337. The van der Waals surface area contributed by atoms with Gasteiger partial charge in [0.05, 0.1) is 15.0 Å². The number of halogens is 3. The molecule has 0 spiro atoms. The lowest BCUT2D eigenvalue weighted by Crippen LogP contribution is -2.11. The van der Waals surface area contributed by atoms with Crippen LogP contribution < -0.4 is 5.32 Å². The SMILES string of the molecule is O=C(Nc1ncc(Br)s1)c1cc(Cl)c(Cl)[nH]1. The monoisotopic (exact) mass is 339 g/mol. The molecule has 2 aromatic heterocycles. The molecule has 8 heteroatoms. The van der Waals surface area contributed by atoms with Crippen molar-refractivity contribution >= 4 is 61.5 Å². The third-order valence-corrected chi connectivity index (χ3v) is 3.75. The zero-order chi connectivity index (χ0) is 11.7. The highest BCUT2D eigenvalue weighted by Crippen LogP contribution is 2.25. The summed E-state index contributed by atoms with van der Waals surface area (Å²) in [5.74, 6) is -0.337. The minimum absolute atomic E-state index is 0.243. The first kappa shape index (κ1) is 11.9. The van der Waals surface area contributed by atoms with E-state index in [9.17, 15) is 4.79 Å². The molecule has 0 saturated carbocycles. The largest absolute Gasteiger partial charge is 0.340 e. The van der Waals surface area contributed by atoms with Crippen molar-refractivity contribution in [2.45, 2.75) is 0 Å². The van der Waals surface area contributed by atoms with E-state index in [4.69, 9.17) is 23.2 Å². The first-order valence-corrected chi connectivity index (χ1v) is 6.39. The Morgan fingerprint density at radius 2 is 2.31 bits per heavy atom. The van der Waals surface area contributed by atoms with Crippen LogP contribution in [-0.4, -0.2) is 15.9 Å². The number of thiazole rings is 1. The van der Waals surface area contributed by atoms with Gasteiger partial charge in [-0.25, -0.2) is 4.98 Å². The molecular weight excluding hydrogens is 337 g/mol. The fourth-order valence-corrected chi connectivity index (χ4v) is 2.42. The molecule has 4 nitrogen and oxygen atoms in total. The molecule has 2 rings (SSSR count). The van der Waals surface area contributed by atoms with E-state index < -0.39 is 0 Å². The highest BCUT2D eigenvalue weighted by atomic mass is 79.9. The van der Waals surface area contributed by atoms with Crippen molar-refractivity contribution in [2.75, 3.05) is 5.32 Å². The number of hydrogen-bond donors (Lipinski definition) is 2. The van der Waals surface area contributed by atoms with Crippen LogP contribution in [0.15, 0.2) is 16.0 Å². The van der Waals surface area contributed by atoms with Crippen molar-refractivity contribution in [3.8, 4) is 0 Å². The van der Waals surface area contributed by atoms with Crippen LogP contribution in [0.4, 0.5) is 5.13 Å². The van der Waals surface area contributed by atoms with E-state index in [1.165, 1.54) is 17.4 Å². The summed E-state index contributed by atoms with van der Waals surface area (Å²) in [5.41, 5.74) is 0.293. The number of hydrogen-bond acceptors (Lipinski definition) is 3. The number of carbonyl (C=O) groups is 1. The van der Waals surface area contributed by atoms with Gasteiger partial charge in [-0.2, -0.15) is 0 Å². The summed E-state index contributed by atoms with van der Waals surface area (Å²) in [4.78, 5) is 18.3. The minimum Gasteiger partial charge on any atom is -0.340 e. The number of anilines is 1. The van der Waals surface area contributed by atoms with Crippen molar-refractivity contribution in [2.24, 2.45) is 0 Å². The average molecular weight is 341 g/mol. The maximum absolute atomic E-state index is 11.7. The number of H-pyrrole nitrogens is 1. The van der Waals surface area contributed by atoms with Gasteiger partial charge in [0.15, 0.2) is 5.13 Å². The summed E-state index contributed by atoms with van der Waals surface area (Å²) in [6, 6.07) is 1.46. The van der Waals surface area contributed by atoms with Gasteiger partial charge in [0, 0.05) is 0 Å². The summed E-state index contributed by atoms with van der Waals surface area (Å²) in [6.07, 6.45) is 1.61. The fraction of sp³-hybridized carbons (Fsp3) is 0. The van der Waals surface area contributed by atoms with Gasteiger partial charge in [-0.05, 0) is 22.0 Å². The van der Waals surface area contributed by atoms with Gasteiger partial charge in [-0.3, -0.25) is 10.1 Å². The number of aromatic amines is 1. The summed E-state index contributed by atoms with van der Waals surface area (Å²) in [6.45, 7) is 0. The summed E-state index contributed by atoms with van der Waals surface area (Å²) in [5, 5.41) is 3.66. The van der Waals surface area contributed by atoms with Crippen molar-refractivity contribution < 1.29 is 4.79 Å². The van der Waals surface area contributed by atoms with Gasteiger partial charge in [-0.15, -0.1) is 0 Å². The smallest absolute Gasteiger partial charge is 0.273 e. The van der Waals surface area contributed by atoms with Gasteiger partial charge in [0.1, 0.15) is 10.8 Å². The number of nitrogens with one attached hydrogen (secondary N) is 2. The topological polar surface area (TPSA) is 57.8 Å². The lowest BCUT2D eigenvalue weighted by Gasteiger charge is -1.97. The maximum Gasteiger partial charge on any atom is 0.273 e. The molecule has 2 heterocycles. The lowest BCUT2D eigenvalue weighted by molar-refractivity contribution is 0.102. The Hall–Kier alpha value is -0.560. The summed E-state index contributed by atoms with van der Waals surface area (Å²) < 4.78 is 0.838. The van der Waals surface area contributed by atoms with E-state index in [0.29, 0.717) is 15.8 Å². The molecular formula is C8H4BrCl2N3OS. The third-order valence-electron chi connectivity index (χ3n) is 1.67. The second-order valence-electron chi connectivity index (χ2n) is 2.77. The van der Waals surface area contributed by atoms with Crippen molar-refractivity contribution in [3.63, 3.8) is 0 Å². The number of rotatable bonds is 2. The van der Waals surface area contributed by atoms with Gasteiger partial charge in [0.25, 0.3) is 5.91 Å². The Labute approximate surface area is 113 Å². The van der Waals surface area contributed by atoms with E-state index >= 15 is 0 Å². The molecule has 0 bridgehead atoms. The third kappa shape index (κ3) is 2.57. The van der Waals surface area contributed by atoms with E-state index in [0.717, 1.165) is 3.79 Å². The van der Waals surface area contributed by atoms with Crippen LogP contribution in [0.2, 0.25) is 10.2 Å². The Morgan fingerprint density at radius 3 is 2.81 bits per heavy atom. The lowest BCUT2D eigenvalue weighted by atomic mass is 10.4. The zero-order valence-electron chi connectivity index (χ0n) is 7.55. The Bertz CT molecular complexity index is 520. The predicted octanol–water partition coefficient (Wildman–Crippen LogP) is 3.79. The molecule has 0 atom stereocenters. The van der Waals surface area contributed by atoms with E-state index in [-0.39, 0.29) is 11.1 Å². The number of amides is 1. The van der Waals surface area contributed by atoms with Gasteiger partial charge in [-0.1, -0.05) is 34.5 Å². The van der Waals surface area contributed by atoms with Crippen LogP contribution >= 0.6 is 50.5 Å². The van der Waals surface area contributed by atoms with Crippen LogP contribution in [0.25, 0.3) is 0 Å². The number of nitrogens with zero attached hydrogens (tertiary/aromatic N) is 1.